The van der Waals surface area contributed by atoms with Crippen molar-refractivity contribution in [3.8, 4) is 0 Å². The highest BCUT2D eigenvalue weighted by Crippen LogP contribution is 2.67. The zero-order valence-corrected chi connectivity index (χ0v) is 21.6. The van der Waals surface area contributed by atoms with Gasteiger partial charge in [0.05, 0.1) is 11.3 Å². The Hall–Kier alpha value is -2.54. The van der Waals surface area contributed by atoms with E-state index in [4.69, 9.17) is 4.98 Å². The molecular weight excluding hydrogens is 456 g/mol. The first-order chi connectivity index (χ1) is 16.8. The molecule has 1 N–H and O–H groups in total. The Balaban J connectivity index is 1.21. The van der Waals surface area contributed by atoms with E-state index in [-0.39, 0.29) is 22.6 Å². The van der Waals surface area contributed by atoms with Crippen LogP contribution >= 0.6 is 11.3 Å². The molecule has 2 aromatic heterocycles. The van der Waals surface area contributed by atoms with Crippen molar-refractivity contribution < 1.29 is 9.59 Å². The summed E-state index contributed by atoms with van der Waals surface area (Å²) in [4.78, 5) is 35.8. The van der Waals surface area contributed by atoms with Gasteiger partial charge in [-0.25, -0.2) is 4.98 Å². The number of pyridine rings is 1. The monoisotopic (exact) mass is 490 g/mol. The molecule has 184 valence electrons. The Morgan fingerprint density at radius 1 is 1.17 bits per heavy atom. The van der Waals surface area contributed by atoms with E-state index in [0.717, 1.165) is 12.1 Å². The Kier molecular flexibility index (Phi) is 5.40. The molecule has 2 aromatic rings. The van der Waals surface area contributed by atoms with Gasteiger partial charge in [0.25, 0.3) is 5.91 Å². The molecule has 35 heavy (non-hydrogen) atoms. The largest absolute Gasteiger partial charge is 0.338 e. The maximum atomic E-state index is 12.6. The standard InChI is InChI=1S/C28H34N4O2S/c1-27-12-10-20-18(6-9-23-28(20,2)13-11-24(33)32(23)3)19(27)7-8-21(27)22-16-35-26(30-22)31-25(34)17-5-4-14-29-15-17/h4-5,11,13-16,18-21,23H,6-10,12H2,1-3H3,(H,30,31,34)/t18-,19-,20+,21?,23?,27-,28+/m0/s1. The minimum atomic E-state index is -0.163. The number of hydrogen-bond acceptors (Lipinski definition) is 5. The van der Waals surface area contributed by atoms with Crippen LogP contribution in [0.1, 0.15) is 74.3 Å². The first kappa shape index (κ1) is 22.9. The predicted molar refractivity (Wildman–Crippen MR) is 137 cm³/mol. The van der Waals surface area contributed by atoms with E-state index in [1.807, 2.05) is 18.0 Å². The van der Waals surface area contributed by atoms with Crippen molar-refractivity contribution in [2.24, 2.45) is 28.6 Å². The molecule has 3 saturated carbocycles. The van der Waals surface area contributed by atoms with Gasteiger partial charge >= 0.3 is 0 Å². The average Bonchev–Trinajstić information content (AvgIpc) is 3.45. The predicted octanol–water partition coefficient (Wildman–Crippen LogP) is 5.51. The molecule has 2 unspecified atom stereocenters. The zero-order valence-electron chi connectivity index (χ0n) is 20.7. The van der Waals surface area contributed by atoms with Crippen LogP contribution in [0, 0.1) is 28.6 Å². The van der Waals surface area contributed by atoms with Crippen LogP contribution in [0.15, 0.2) is 42.1 Å². The number of thiazole rings is 1. The second-order valence-corrected chi connectivity index (χ2v) is 12.4. The van der Waals surface area contributed by atoms with Crippen molar-refractivity contribution >= 4 is 28.3 Å². The highest BCUT2D eigenvalue weighted by Gasteiger charge is 2.60. The van der Waals surface area contributed by atoms with Gasteiger partial charge in [-0.1, -0.05) is 19.9 Å². The SMILES string of the molecule is CN1C(=O)C=C[C@@]2(C)C1CC[C@@H]1[C@H]2CC[C@]2(C)C(c3csc(NC(=O)c4cccnc4)n3)CC[C@@H]12. The van der Waals surface area contributed by atoms with Crippen LogP contribution in [0.4, 0.5) is 5.13 Å². The highest BCUT2D eigenvalue weighted by molar-refractivity contribution is 7.14. The van der Waals surface area contributed by atoms with Crippen LogP contribution in [0.2, 0.25) is 0 Å². The molecule has 1 aliphatic heterocycles. The van der Waals surface area contributed by atoms with Crippen molar-refractivity contribution in [2.75, 3.05) is 12.4 Å². The number of hydrogen-bond donors (Lipinski definition) is 1. The molecule has 3 fully saturated rings. The van der Waals surface area contributed by atoms with Gasteiger partial charge in [-0.2, -0.15) is 0 Å². The van der Waals surface area contributed by atoms with Crippen LogP contribution in [-0.2, 0) is 4.79 Å². The fourth-order valence-corrected chi connectivity index (χ4v) is 9.15. The number of likely N-dealkylation sites (N-methyl/N-ethyl adjacent to an activating group) is 1. The molecule has 7 heteroatoms. The molecule has 6 rings (SSSR count). The number of carbonyl (C=O) groups excluding carboxylic acids is 2. The molecule has 2 amide bonds. The van der Waals surface area contributed by atoms with Crippen molar-refractivity contribution in [3.05, 3.63) is 53.3 Å². The topological polar surface area (TPSA) is 75.2 Å². The van der Waals surface area contributed by atoms with Crippen LogP contribution in [0.3, 0.4) is 0 Å². The molecule has 3 heterocycles. The molecule has 4 aliphatic rings. The molecule has 0 aromatic carbocycles. The lowest BCUT2D eigenvalue weighted by atomic mass is 9.47. The molecule has 3 aliphatic carbocycles. The lowest BCUT2D eigenvalue weighted by Crippen LogP contribution is -2.59. The summed E-state index contributed by atoms with van der Waals surface area (Å²) in [5.74, 6) is 2.46. The number of aromatic nitrogens is 2. The minimum absolute atomic E-state index is 0.0787. The van der Waals surface area contributed by atoms with E-state index in [0.29, 0.717) is 40.4 Å². The summed E-state index contributed by atoms with van der Waals surface area (Å²) in [6.45, 7) is 4.90. The average molecular weight is 491 g/mol. The van der Waals surface area contributed by atoms with Crippen LogP contribution in [-0.4, -0.2) is 39.8 Å². The van der Waals surface area contributed by atoms with Gasteiger partial charge in [0.1, 0.15) is 0 Å². The summed E-state index contributed by atoms with van der Waals surface area (Å²) in [5.41, 5.74) is 2.00. The summed E-state index contributed by atoms with van der Waals surface area (Å²) < 4.78 is 0. The number of nitrogens with one attached hydrogen (secondary N) is 1. The second-order valence-electron chi connectivity index (χ2n) is 11.6. The Bertz CT molecular complexity index is 1180. The van der Waals surface area contributed by atoms with Crippen molar-refractivity contribution in [1.29, 1.82) is 0 Å². The van der Waals surface area contributed by atoms with E-state index < -0.39 is 0 Å². The third-order valence-electron chi connectivity index (χ3n) is 10.2. The number of amides is 2. The number of carbonyl (C=O) groups is 2. The number of fused-ring (bicyclic) bond motifs is 5. The quantitative estimate of drug-likeness (QED) is 0.615. The smallest absolute Gasteiger partial charge is 0.259 e. The maximum absolute atomic E-state index is 12.6. The normalized spacial score (nSPS) is 38.0. The number of nitrogens with zero attached hydrogens (tertiary/aromatic N) is 3. The van der Waals surface area contributed by atoms with Gasteiger partial charge in [0.2, 0.25) is 5.91 Å². The summed E-state index contributed by atoms with van der Waals surface area (Å²) in [6.07, 6.45) is 14.5. The highest BCUT2D eigenvalue weighted by atomic mass is 32.1. The molecule has 6 nitrogen and oxygen atoms in total. The summed E-state index contributed by atoms with van der Waals surface area (Å²) >= 11 is 1.52. The van der Waals surface area contributed by atoms with Crippen molar-refractivity contribution in [3.63, 3.8) is 0 Å². The Morgan fingerprint density at radius 3 is 2.83 bits per heavy atom. The Labute approximate surface area is 211 Å². The Morgan fingerprint density at radius 2 is 2.03 bits per heavy atom. The van der Waals surface area contributed by atoms with E-state index in [1.165, 1.54) is 43.4 Å². The van der Waals surface area contributed by atoms with Gasteiger partial charge in [0.15, 0.2) is 5.13 Å². The molecule has 0 spiro atoms. The van der Waals surface area contributed by atoms with E-state index >= 15 is 0 Å². The zero-order chi connectivity index (χ0) is 24.4. The number of anilines is 1. The van der Waals surface area contributed by atoms with E-state index in [1.54, 1.807) is 24.5 Å². The first-order valence-corrected chi connectivity index (χ1v) is 13.8. The number of rotatable bonds is 3. The second kappa shape index (κ2) is 8.26. The molecule has 7 atom stereocenters. The minimum Gasteiger partial charge on any atom is -0.338 e. The van der Waals surface area contributed by atoms with Gasteiger partial charge in [-0.05, 0) is 79.9 Å². The lowest BCUT2D eigenvalue weighted by Gasteiger charge is -2.60. The molecule has 0 radical (unpaired) electrons. The lowest BCUT2D eigenvalue weighted by molar-refractivity contribution is -0.138. The van der Waals surface area contributed by atoms with E-state index in [9.17, 15) is 9.59 Å². The maximum Gasteiger partial charge on any atom is 0.259 e. The third-order valence-corrected chi connectivity index (χ3v) is 10.9. The molecule has 0 saturated heterocycles. The van der Waals surface area contributed by atoms with Gasteiger partial charge in [-0.15, -0.1) is 11.3 Å². The van der Waals surface area contributed by atoms with E-state index in [2.05, 4.69) is 35.6 Å². The fraction of sp³-hybridized carbons (Fsp3) is 0.571. The molecular formula is C28H34N4O2S. The van der Waals surface area contributed by atoms with Crippen LogP contribution in [0.5, 0.6) is 0 Å². The van der Waals surface area contributed by atoms with Crippen molar-refractivity contribution in [2.45, 2.75) is 64.3 Å². The fourth-order valence-electron chi connectivity index (χ4n) is 8.39. The van der Waals surface area contributed by atoms with Gasteiger partial charge in [0, 0.05) is 42.2 Å². The summed E-state index contributed by atoms with van der Waals surface area (Å²) in [7, 11) is 1.99. The van der Waals surface area contributed by atoms with Gasteiger partial charge in [-0.3, -0.25) is 19.9 Å². The first-order valence-electron chi connectivity index (χ1n) is 12.9. The molecule has 0 bridgehead atoms. The van der Waals surface area contributed by atoms with Crippen LogP contribution < -0.4 is 5.32 Å². The third kappa shape index (κ3) is 3.49. The van der Waals surface area contributed by atoms with Crippen LogP contribution in [0.25, 0.3) is 0 Å². The van der Waals surface area contributed by atoms with Crippen molar-refractivity contribution in [1.82, 2.24) is 14.9 Å². The van der Waals surface area contributed by atoms with Gasteiger partial charge < -0.3 is 4.90 Å². The summed E-state index contributed by atoms with van der Waals surface area (Å²) in [6, 6.07) is 3.86. The summed E-state index contributed by atoms with van der Waals surface area (Å²) in [5, 5.41) is 5.79.